The first-order chi connectivity index (χ1) is 10.5. The zero-order valence-corrected chi connectivity index (χ0v) is 13.4. The van der Waals surface area contributed by atoms with Gasteiger partial charge in [-0.25, -0.2) is 0 Å². The summed E-state index contributed by atoms with van der Waals surface area (Å²) >= 11 is 5.89. The van der Waals surface area contributed by atoms with Crippen LogP contribution in [0, 0.1) is 0 Å². The third-order valence-corrected chi connectivity index (χ3v) is 3.64. The first-order valence-corrected chi connectivity index (χ1v) is 7.49. The highest BCUT2D eigenvalue weighted by Crippen LogP contribution is 2.22. The fourth-order valence-electron chi connectivity index (χ4n) is 2.06. The van der Waals surface area contributed by atoms with Gasteiger partial charge >= 0.3 is 0 Å². The Balaban J connectivity index is 2.17. The Morgan fingerprint density at radius 1 is 1.27 bits per heavy atom. The van der Waals surface area contributed by atoms with Gasteiger partial charge in [0, 0.05) is 36.6 Å². The fourth-order valence-corrected chi connectivity index (χ4v) is 2.19. The number of hydrogen-bond donors (Lipinski definition) is 1. The van der Waals surface area contributed by atoms with Crippen molar-refractivity contribution < 1.29 is 9.90 Å². The number of aliphatic hydroxyl groups is 1. The molecule has 2 rings (SSSR count). The Morgan fingerprint density at radius 3 is 2.59 bits per heavy atom. The van der Waals surface area contributed by atoms with Crippen LogP contribution >= 0.6 is 11.6 Å². The van der Waals surface area contributed by atoms with Crippen molar-refractivity contribution in [2.75, 3.05) is 13.6 Å². The van der Waals surface area contributed by atoms with Gasteiger partial charge in [-0.2, -0.15) is 0 Å². The summed E-state index contributed by atoms with van der Waals surface area (Å²) in [6.07, 6.45) is 3.40. The molecule has 1 heterocycles. The van der Waals surface area contributed by atoms with Crippen molar-refractivity contribution in [3.63, 3.8) is 0 Å². The van der Waals surface area contributed by atoms with E-state index in [1.165, 1.54) is 0 Å². The number of halogens is 1. The Morgan fingerprint density at radius 2 is 1.95 bits per heavy atom. The number of aliphatic hydroxyl groups excluding tert-OH is 1. The maximum absolute atomic E-state index is 12.4. The number of carbonyl (C=O) groups excluding carboxylic acids is 1. The third kappa shape index (κ3) is 4.29. The molecule has 1 aromatic heterocycles. The SMILES string of the molecule is CC(O)CCN(C)C(=O)c1cncc(-c2ccc(Cl)cc2)c1. The first kappa shape index (κ1) is 16.5. The second-order valence-corrected chi connectivity index (χ2v) is 5.77. The van der Waals surface area contributed by atoms with Crippen LogP contribution in [0.5, 0.6) is 0 Å². The molecule has 0 bridgehead atoms. The molecule has 1 aromatic carbocycles. The molecule has 0 aliphatic rings. The zero-order valence-electron chi connectivity index (χ0n) is 12.7. The molecule has 0 saturated heterocycles. The van der Waals surface area contributed by atoms with E-state index in [-0.39, 0.29) is 5.91 Å². The van der Waals surface area contributed by atoms with Gasteiger partial charge in [0.2, 0.25) is 0 Å². The maximum atomic E-state index is 12.4. The number of nitrogens with zero attached hydrogens (tertiary/aromatic N) is 2. The minimum atomic E-state index is -0.422. The van der Waals surface area contributed by atoms with Crippen molar-refractivity contribution in [1.82, 2.24) is 9.88 Å². The summed E-state index contributed by atoms with van der Waals surface area (Å²) in [5.74, 6) is -0.107. The van der Waals surface area contributed by atoms with Crippen LogP contribution in [0.2, 0.25) is 5.02 Å². The van der Waals surface area contributed by atoms with Gasteiger partial charge in [-0.3, -0.25) is 9.78 Å². The van der Waals surface area contributed by atoms with Gasteiger partial charge in [0.15, 0.2) is 0 Å². The van der Waals surface area contributed by atoms with Crippen LogP contribution in [-0.4, -0.2) is 40.6 Å². The van der Waals surface area contributed by atoms with Crippen LogP contribution in [0.25, 0.3) is 11.1 Å². The molecule has 116 valence electrons. The number of rotatable bonds is 5. The summed E-state index contributed by atoms with van der Waals surface area (Å²) in [6, 6.07) is 9.22. The monoisotopic (exact) mass is 318 g/mol. The van der Waals surface area contributed by atoms with Gasteiger partial charge in [0.25, 0.3) is 5.91 Å². The van der Waals surface area contributed by atoms with Crippen molar-refractivity contribution in [3.05, 3.63) is 53.3 Å². The largest absolute Gasteiger partial charge is 0.393 e. The average molecular weight is 319 g/mol. The van der Waals surface area contributed by atoms with Crippen LogP contribution in [0.4, 0.5) is 0 Å². The Bertz CT molecular complexity index is 641. The van der Waals surface area contributed by atoms with E-state index >= 15 is 0 Å². The van der Waals surface area contributed by atoms with Gasteiger partial charge < -0.3 is 10.0 Å². The van der Waals surface area contributed by atoms with E-state index in [0.717, 1.165) is 11.1 Å². The minimum Gasteiger partial charge on any atom is -0.393 e. The summed E-state index contributed by atoms with van der Waals surface area (Å²) in [4.78, 5) is 18.1. The molecule has 0 radical (unpaired) electrons. The van der Waals surface area contributed by atoms with Crippen molar-refractivity contribution in [1.29, 1.82) is 0 Å². The molecular formula is C17H19ClN2O2. The molecule has 1 unspecified atom stereocenters. The second-order valence-electron chi connectivity index (χ2n) is 5.33. The van der Waals surface area contributed by atoms with E-state index in [4.69, 9.17) is 11.6 Å². The normalized spacial score (nSPS) is 12.0. The van der Waals surface area contributed by atoms with Gasteiger partial charge in [0.05, 0.1) is 11.7 Å². The summed E-state index contributed by atoms with van der Waals surface area (Å²) in [7, 11) is 1.72. The highest BCUT2D eigenvalue weighted by molar-refractivity contribution is 6.30. The van der Waals surface area contributed by atoms with E-state index in [2.05, 4.69) is 4.98 Å². The predicted octanol–water partition coefficient (Wildman–Crippen LogP) is 3.24. The lowest BCUT2D eigenvalue weighted by atomic mass is 10.1. The van der Waals surface area contributed by atoms with E-state index in [0.29, 0.717) is 23.6 Å². The van der Waals surface area contributed by atoms with Crippen molar-refractivity contribution >= 4 is 17.5 Å². The second kappa shape index (κ2) is 7.38. The van der Waals surface area contributed by atoms with Crippen LogP contribution in [-0.2, 0) is 0 Å². The topological polar surface area (TPSA) is 53.4 Å². The molecule has 0 saturated carbocycles. The number of amides is 1. The van der Waals surface area contributed by atoms with E-state index < -0.39 is 6.10 Å². The molecule has 0 aliphatic heterocycles. The number of hydrogen-bond acceptors (Lipinski definition) is 3. The van der Waals surface area contributed by atoms with Crippen molar-refractivity contribution in [2.45, 2.75) is 19.4 Å². The fraction of sp³-hybridized carbons (Fsp3) is 0.294. The molecule has 1 amide bonds. The summed E-state index contributed by atoms with van der Waals surface area (Å²) in [6.45, 7) is 2.21. The number of benzene rings is 1. The number of pyridine rings is 1. The van der Waals surface area contributed by atoms with Crippen molar-refractivity contribution in [2.24, 2.45) is 0 Å². The first-order valence-electron chi connectivity index (χ1n) is 7.12. The third-order valence-electron chi connectivity index (χ3n) is 3.39. The Kier molecular flexibility index (Phi) is 5.52. The highest BCUT2D eigenvalue weighted by Gasteiger charge is 2.13. The lowest BCUT2D eigenvalue weighted by molar-refractivity contribution is 0.0768. The molecule has 1 atom stereocenters. The molecular weight excluding hydrogens is 300 g/mol. The summed E-state index contributed by atoms with van der Waals surface area (Å²) in [5, 5.41) is 9.98. The molecule has 0 fully saturated rings. The van der Waals surface area contributed by atoms with Crippen LogP contribution < -0.4 is 0 Å². The molecule has 1 N–H and O–H groups in total. The zero-order chi connectivity index (χ0) is 16.1. The highest BCUT2D eigenvalue weighted by atomic mass is 35.5. The Labute approximate surface area is 135 Å². The molecule has 2 aromatic rings. The van der Waals surface area contributed by atoms with E-state index in [1.54, 1.807) is 43.4 Å². The van der Waals surface area contributed by atoms with Crippen LogP contribution in [0.1, 0.15) is 23.7 Å². The quantitative estimate of drug-likeness (QED) is 0.920. The average Bonchev–Trinajstić information content (AvgIpc) is 2.52. The predicted molar refractivity (Wildman–Crippen MR) is 87.9 cm³/mol. The van der Waals surface area contributed by atoms with Crippen molar-refractivity contribution in [3.8, 4) is 11.1 Å². The summed E-state index contributed by atoms with van der Waals surface area (Å²) in [5.41, 5.74) is 2.35. The van der Waals surface area contributed by atoms with Gasteiger partial charge in [0.1, 0.15) is 0 Å². The van der Waals surface area contributed by atoms with Gasteiger partial charge in [-0.15, -0.1) is 0 Å². The molecule has 4 nitrogen and oxygen atoms in total. The van der Waals surface area contributed by atoms with Crippen LogP contribution in [0.15, 0.2) is 42.7 Å². The number of carbonyl (C=O) groups is 1. The standard InChI is InChI=1S/C17H19ClN2O2/c1-12(21)7-8-20(2)17(22)15-9-14(10-19-11-15)13-3-5-16(18)6-4-13/h3-6,9-12,21H,7-8H2,1-2H3. The smallest absolute Gasteiger partial charge is 0.255 e. The summed E-state index contributed by atoms with van der Waals surface area (Å²) < 4.78 is 0. The van der Waals surface area contributed by atoms with Gasteiger partial charge in [-0.05, 0) is 37.1 Å². The molecule has 0 aliphatic carbocycles. The minimum absolute atomic E-state index is 0.107. The molecule has 5 heteroatoms. The lowest BCUT2D eigenvalue weighted by Gasteiger charge is -2.18. The molecule has 22 heavy (non-hydrogen) atoms. The van der Waals surface area contributed by atoms with Crippen LogP contribution in [0.3, 0.4) is 0 Å². The number of aromatic nitrogens is 1. The molecule has 0 spiro atoms. The lowest BCUT2D eigenvalue weighted by Crippen LogP contribution is -2.29. The maximum Gasteiger partial charge on any atom is 0.255 e. The van der Waals surface area contributed by atoms with E-state index in [1.807, 2.05) is 18.2 Å². The van der Waals surface area contributed by atoms with E-state index in [9.17, 15) is 9.90 Å². The van der Waals surface area contributed by atoms with Gasteiger partial charge in [-0.1, -0.05) is 23.7 Å². The Hall–Kier alpha value is -1.91.